The Balaban J connectivity index is 2.14. The molecule has 0 amide bonds. The Bertz CT molecular complexity index is 572. The summed E-state index contributed by atoms with van der Waals surface area (Å²) in [5, 5.41) is 12.1. The highest BCUT2D eigenvalue weighted by atomic mass is 15.0. The number of aromatic nitrogens is 1. The van der Waals surface area contributed by atoms with E-state index >= 15 is 0 Å². The maximum atomic E-state index is 8.97. The lowest BCUT2D eigenvalue weighted by Gasteiger charge is -2.10. The highest BCUT2D eigenvalue weighted by Gasteiger charge is 2.03. The largest absolute Gasteiger partial charge is 0.365 e. The molecule has 18 heavy (non-hydrogen) atoms. The molecular weight excluding hydrogens is 224 g/mol. The van der Waals surface area contributed by atoms with Gasteiger partial charge in [0.15, 0.2) is 0 Å². The molecule has 90 valence electrons. The lowest BCUT2D eigenvalue weighted by atomic mass is 10.1. The van der Waals surface area contributed by atoms with Crippen LogP contribution in [-0.2, 0) is 13.1 Å². The zero-order chi connectivity index (χ0) is 12.8. The van der Waals surface area contributed by atoms with Crippen LogP contribution in [0.25, 0.3) is 0 Å². The summed E-state index contributed by atoms with van der Waals surface area (Å²) in [4.78, 5) is 4.16. The number of hydrogen-bond acceptors (Lipinski definition) is 4. The quantitative estimate of drug-likeness (QED) is 0.854. The molecule has 2 aromatic rings. The average molecular weight is 238 g/mol. The van der Waals surface area contributed by atoms with Crippen LogP contribution in [0.4, 0.5) is 5.82 Å². The molecule has 0 aliphatic heterocycles. The van der Waals surface area contributed by atoms with Crippen molar-refractivity contribution >= 4 is 5.82 Å². The van der Waals surface area contributed by atoms with Gasteiger partial charge < -0.3 is 11.1 Å². The Morgan fingerprint density at radius 2 is 1.94 bits per heavy atom. The molecule has 0 atom stereocenters. The summed E-state index contributed by atoms with van der Waals surface area (Å²) in [6, 6.07) is 13.6. The molecule has 0 saturated carbocycles. The first-order chi connectivity index (χ1) is 8.85. The lowest BCUT2D eigenvalue weighted by Crippen LogP contribution is -2.07. The van der Waals surface area contributed by atoms with Crippen LogP contribution < -0.4 is 11.1 Å². The molecule has 2 rings (SSSR count). The van der Waals surface area contributed by atoms with Gasteiger partial charge in [-0.1, -0.05) is 24.3 Å². The number of rotatable bonds is 4. The van der Waals surface area contributed by atoms with Crippen LogP contribution in [0.5, 0.6) is 0 Å². The molecule has 4 heteroatoms. The van der Waals surface area contributed by atoms with Crippen molar-refractivity contribution in [3.63, 3.8) is 0 Å². The molecule has 0 saturated heterocycles. The SMILES string of the molecule is N#Cc1cccnc1NCc1ccccc1CN. The van der Waals surface area contributed by atoms with Gasteiger partial charge >= 0.3 is 0 Å². The van der Waals surface area contributed by atoms with Gasteiger partial charge in [-0.15, -0.1) is 0 Å². The Kier molecular flexibility index (Phi) is 3.90. The van der Waals surface area contributed by atoms with Crippen LogP contribution >= 0.6 is 0 Å². The number of nitrogens with two attached hydrogens (primary N) is 1. The molecule has 3 N–H and O–H groups in total. The standard InChI is InChI=1S/C14H14N4/c15-8-11-4-1-2-5-13(11)10-18-14-12(9-16)6-3-7-17-14/h1-7H,8,10,15H2,(H,17,18). The van der Waals surface area contributed by atoms with Gasteiger partial charge in [-0.25, -0.2) is 4.98 Å². The fourth-order valence-electron chi connectivity index (χ4n) is 1.74. The minimum atomic E-state index is 0.505. The zero-order valence-electron chi connectivity index (χ0n) is 9.93. The van der Waals surface area contributed by atoms with E-state index < -0.39 is 0 Å². The van der Waals surface area contributed by atoms with E-state index in [0.717, 1.165) is 11.1 Å². The molecule has 1 aromatic heterocycles. The van der Waals surface area contributed by atoms with E-state index in [0.29, 0.717) is 24.5 Å². The third-order valence-corrected chi connectivity index (χ3v) is 2.71. The number of nitrogens with zero attached hydrogens (tertiary/aromatic N) is 2. The molecule has 1 heterocycles. The van der Waals surface area contributed by atoms with Gasteiger partial charge in [-0.3, -0.25) is 0 Å². The van der Waals surface area contributed by atoms with Gasteiger partial charge in [0.2, 0.25) is 0 Å². The molecule has 0 spiro atoms. The van der Waals surface area contributed by atoms with Crippen molar-refractivity contribution in [2.75, 3.05) is 5.32 Å². The predicted molar refractivity (Wildman–Crippen MR) is 70.6 cm³/mol. The van der Waals surface area contributed by atoms with Gasteiger partial charge in [0, 0.05) is 19.3 Å². The Labute approximate surface area is 106 Å². The third-order valence-electron chi connectivity index (χ3n) is 2.71. The number of hydrogen-bond donors (Lipinski definition) is 2. The summed E-state index contributed by atoms with van der Waals surface area (Å²) in [5.41, 5.74) is 8.44. The van der Waals surface area contributed by atoms with E-state index in [4.69, 9.17) is 11.0 Å². The second-order valence-electron chi connectivity index (χ2n) is 3.84. The van der Waals surface area contributed by atoms with Crippen molar-refractivity contribution in [3.05, 3.63) is 59.3 Å². The summed E-state index contributed by atoms with van der Waals surface area (Å²) >= 11 is 0. The molecule has 0 bridgehead atoms. The van der Waals surface area contributed by atoms with Crippen molar-refractivity contribution in [2.24, 2.45) is 5.73 Å². The molecule has 0 aliphatic rings. The second-order valence-corrected chi connectivity index (χ2v) is 3.84. The van der Waals surface area contributed by atoms with Crippen LogP contribution in [0.15, 0.2) is 42.6 Å². The summed E-state index contributed by atoms with van der Waals surface area (Å²) in [6.07, 6.45) is 1.66. The van der Waals surface area contributed by atoms with E-state index in [-0.39, 0.29) is 0 Å². The van der Waals surface area contributed by atoms with E-state index in [1.807, 2.05) is 24.3 Å². The van der Waals surface area contributed by atoms with Crippen LogP contribution in [0.1, 0.15) is 16.7 Å². The maximum Gasteiger partial charge on any atom is 0.144 e. The highest BCUT2D eigenvalue weighted by molar-refractivity contribution is 5.51. The van der Waals surface area contributed by atoms with Crippen molar-refractivity contribution in [3.8, 4) is 6.07 Å². The van der Waals surface area contributed by atoms with Gasteiger partial charge in [-0.05, 0) is 23.3 Å². The topological polar surface area (TPSA) is 74.7 Å². The molecular formula is C14H14N4. The predicted octanol–water partition coefficient (Wildman–Crippen LogP) is 2.02. The van der Waals surface area contributed by atoms with Crippen LogP contribution in [0, 0.1) is 11.3 Å². The molecule has 0 unspecified atom stereocenters. The zero-order valence-corrected chi connectivity index (χ0v) is 9.93. The Hall–Kier alpha value is -2.38. The molecule has 0 fully saturated rings. The molecule has 4 nitrogen and oxygen atoms in total. The number of nitriles is 1. The first-order valence-corrected chi connectivity index (χ1v) is 5.71. The van der Waals surface area contributed by atoms with Crippen molar-refractivity contribution in [1.29, 1.82) is 5.26 Å². The van der Waals surface area contributed by atoms with Crippen molar-refractivity contribution in [1.82, 2.24) is 4.98 Å². The fourth-order valence-corrected chi connectivity index (χ4v) is 1.74. The van der Waals surface area contributed by atoms with Crippen LogP contribution in [0.3, 0.4) is 0 Å². The van der Waals surface area contributed by atoms with E-state index in [9.17, 15) is 0 Å². The van der Waals surface area contributed by atoms with Crippen LogP contribution in [0.2, 0.25) is 0 Å². The number of pyridine rings is 1. The van der Waals surface area contributed by atoms with E-state index in [2.05, 4.69) is 16.4 Å². The Morgan fingerprint density at radius 1 is 1.17 bits per heavy atom. The lowest BCUT2D eigenvalue weighted by molar-refractivity contribution is 1.00. The van der Waals surface area contributed by atoms with E-state index in [1.165, 1.54) is 0 Å². The maximum absolute atomic E-state index is 8.97. The van der Waals surface area contributed by atoms with Gasteiger partial charge in [0.1, 0.15) is 11.9 Å². The number of nitrogens with one attached hydrogen (secondary N) is 1. The summed E-state index contributed by atoms with van der Waals surface area (Å²) < 4.78 is 0. The molecule has 0 radical (unpaired) electrons. The summed E-state index contributed by atoms with van der Waals surface area (Å²) in [6.45, 7) is 1.12. The number of anilines is 1. The van der Waals surface area contributed by atoms with Crippen molar-refractivity contribution < 1.29 is 0 Å². The third kappa shape index (κ3) is 2.65. The van der Waals surface area contributed by atoms with Gasteiger partial charge in [0.25, 0.3) is 0 Å². The minimum absolute atomic E-state index is 0.505. The smallest absolute Gasteiger partial charge is 0.144 e. The normalized spacial score (nSPS) is 9.78. The average Bonchev–Trinajstić information content (AvgIpc) is 2.45. The molecule has 0 aliphatic carbocycles. The molecule has 1 aromatic carbocycles. The monoisotopic (exact) mass is 238 g/mol. The minimum Gasteiger partial charge on any atom is -0.365 e. The van der Waals surface area contributed by atoms with Crippen LogP contribution in [-0.4, -0.2) is 4.98 Å². The Morgan fingerprint density at radius 3 is 2.67 bits per heavy atom. The first-order valence-electron chi connectivity index (χ1n) is 5.71. The van der Waals surface area contributed by atoms with E-state index in [1.54, 1.807) is 18.3 Å². The number of benzene rings is 1. The summed E-state index contributed by atoms with van der Waals surface area (Å²) in [5.74, 6) is 0.604. The first kappa shape index (κ1) is 12.1. The van der Waals surface area contributed by atoms with Crippen molar-refractivity contribution in [2.45, 2.75) is 13.1 Å². The van der Waals surface area contributed by atoms with Gasteiger partial charge in [-0.2, -0.15) is 5.26 Å². The van der Waals surface area contributed by atoms with Gasteiger partial charge in [0.05, 0.1) is 5.56 Å². The second kappa shape index (κ2) is 5.80. The fraction of sp³-hybridized carbons (Fsp3) is 0.143. The highest BCUT2D eigenvalue weighted by Crippen LogP contribution is 2.13. The summed E-state index contributed by atoms with van der Waals surface area (Å²) in [7, 11) is 0.